The fourth-order valence-corrected chi connectivity index (χ4v) is 2.52. The van der Waals surface area contributed by atoms with Crippen molar-refractivity contribution in [3.63, 3.8) is 0 Å². The Labute approximate surface area is 119 Å². The minimum Gasteiger partial charge on any atom is -0.330 e. The number of benzene rings is 1. The number of nitrogens with two attached hydrogens (primary N) is 1. The third-order valence-electron chi connectivity index (χ3n) is 3.60. The van der Waals surface area contributed by atoms with Gasteiger partial charge in [-0.3, -0.25) is 9.69 Å². The molecular formula is C15H20N4O. The second-order valence-corrected chi connectivity index (χ2v) is 5.22. The van der Waals surface area contributed by atoms with Gasteiger partial charge in [0.1, 0.15) is 0 Å². The Bertz CT molecular complexity index is 492. The molecule has 5 heteroatoms. The summed E-state index contributed by atoms with van der Waals surface area (Å²) in [6.45, 7) is 2.94. The van der Waals surface area contributed by atoms with E-state index in [2.05, 4.69) is 16.3 Å². The molecule has 106 valence electrons. The number of nitrogens with one attached hydrogen (secondary N) is 1. The van der Waals surface area contributed by atoms with Crippen LogP contribution >= 0.6 is 0 Å². The van der Waals surface area contributed by atoms with Gasteiger partial charge in [0, 0.05) is 12.2 Å². The highest BCUT2D eigenvalue weighted by molar-refractivity contribution is 5.92. The lowest BCUT2D eigenvalue weighted by Crippen LogP contribution is -2.42. The van der Waals surface area contributed by atoms with Gasteiger partial charge in [-0.25, -0.2) is 0 Å². The van der Waals surface area contributed by atoms with Crippen LogP contribution in [0, 0.1) is 17.2 Å². The van der Waals surface area contributed by atoms with Crippen molar-refractivity contribution in [2.24, 2.45) is 11.7 Å². The van der Waals surface area contributed by atoms with Gasteiger partial charge in [0.15, 0.2) is 0 Å². The van der Waals surface area contributed by atoms with Gasteiger partial charge >= 0.3 is 0 Å². The third kappa shape index (κ3) is 4.05. The lowest BCUT2D eigenvalue weighted by molar-refractivity contribution is -0.117. The van der Waals surface area contributed by atoms with E-state index in [1.54, 1.807) is 24.3 Å². The van der Waals surface area contributed by atoms with Crippen LogP contribution in [0.25, 0.3) is 0 Å². The molecule has 5 nitrogen and oxygen atoms in total. The monoisotopic (exact) mass is 272 g/mol. The number of hydrogen-bond acceptors (Lipinski definition) is 4. The topological polar surface area (TPSA) is 82.2 Å². The Kier molecular flexibility index (Phi) is 5.10. The number of likely N-dealkylation sites (tertiary alicyclic amines) is 1. The van der Waals surface area contributed by atoms with Crippen molar-refractivity contribution in [2.75, 3.05) is 31.5 Å². The summed E-state index contributed by atoms with van der Waals surface area (Å²) in [7, 11) is 0. The zero-order valence-corrected chi connectivity index (χ0v) is 11.5. The van der Waals surface area contributed by atoms with E-state index in [1.165, 1.54) is 0 Å². The van der Waals surface area contributed by atoms with Crippen LogP contribution in [0.1, 0.15) is 18.4 Å². The van der Waals surface area contributed by atoms with Crippen molar-refractivity contribution < 1.29 is 4.79 Å². The maximum atomic E-state index is 12.0. The number of nitrogens with zero attached hydrogens (tertiary/aromatic N) is 2. The first-order valence-electron chi connectivity index (χ1n) is 6.93. The molecule has 0 bridgehead atoms. The first kappa shape index (κ1) is 14.5. The van der Waals surface area contributed by atoms with Gasteiger partial charge in [-0.1, -0.05) is 0 Å². The van der Waals surface area contributed by atoms with E-state index >= 15 is 0 Å². The van der Waals surface area contributed by atoms with Gasteiger partial charge in [0.25, 0.3) is 0 Å². The molecule has 0 aliphatic carbocycles. The Balaban J connectivity index is 1.84. The van der Waals surface area contributed by atoms with Crippen LogP contribution in [0.2, 0.25) is 0 Å². The van der Waals surface area contributed by atoms with E-state index in [-0.39, 0.29) is 5.91 Å². The molecule has 1 aliphatic rings. The number of amides is 1. The zero-order chi connectivity index (χ0) is 14.4. The van der Waals surface area contributed by atoms with Crippen molar-refractivity contribution in [2.45, 2.75) is 12.8 Å². The van der Waals surface area contributed by atoms with E-state index in [9.17, 15) is 4.79 Å². The maximum Gasteiger partial charge on any atom is 0.238 e. The lowest BCUT2D eigenvalue weighted by Gasteiger charge is -2.31. The largest absolute Gasteiger partial charge is 0.330 e. The normalized spacial score (nSPS) is 19.3. The summed E-state index contributed by atoms with van der Waals surface area (Å²) in [6, 6.07) is 8.93. The lowest BCUT2D eigenvalue weighted by atomic mass is 9.98. The minimum atomic E-state index is -0.0209. The van der Waals surface area contributed by atoms with Crippen LogP contribution in [0.15, 0.2) is 24.3 Å². The molecule has 0 aromatic heterocycles. The predicted molar refractivity (Wildman–Crippen MR) is 78.0 cm³/mol. The smallest absolute Gasteiger partial charge is 0.238 e. The molecular weight excluding hydrogens is 252 g/mol. The van der Waals surface area contributed by atoms with Gasteiger partial charge < -0.3 is 11.1 Å². The molecule has 1 saturated heterocycles. The number of carbonyl (C=O) groups excluding carboxylic acids is 1. The van der Waals surface area contributed by atoms with E-state index in [0.29, 0.717) is 24.6 Å². The summed E-state index contributed by atoms with van der Waals surface area (Å²) in [6.07, 6.45) is 2.26. The molecule has 2 rings (SSSR count). The third-order valence-corrected chi connectivity index (χ3v) is 3.60. The molecule has 0 spiro atoms. The minimum absolute atomic E-state index is 0.0209. The molecule has 1 heterocycles. The summed E-state index contributed by atoms with van der Waals surface area (Å²) in [5.74, 6) is 0.485. The van der Waals surface area contributed by atoms with Gasteiger partial charge in [-0.15, -0.1) is 0 Å². The molecule has 1 aliphatic heterocycles. The van der Waals surface area contributed by atoms with Gasteiger partial charge in [0.2, 0.25) is 5.91 Å². The summed E-state index contributed by atoms with van der Waals surface area (Å²) >= 11 is 0. The van der Waals surface area contributed by atoms with Crippen LogP contribution in [0.5, 0.6) is 0 Å². The Morgan fingerprint density at radius 2 is 2.20 bits per heavy atom. The average Bonchev–Trinajstić information content (AvgIpc) is 2.48. The summed E-state index contributed by atoms with van der Waals surface area (Å²) < 4.78 is 0. The Morgan fingerprint density at radius 3 is 2.85 bits per heavy atom. The number of piperidine rings is 1. The van der Waals surface area contributed by atoms with Crippen molar-refractivity contribution in [1.82, 2.24) is 4.90 Å². The molecule has 1 fully saturated rings. The van der Waals surface area contributed by atoms with Crippen molar-refractivity contribution >= 4 is 11.6 Å². The Hall–Kier alpha value is -1.90. The van der Waals surface area contributed by atoms with Crippen LogP contribution < -0.4 is 11.1 Å². The first-order valence-corrected chi connectivity index (χ1v) is 6.93. The molecule has 1 unspecified atom stereocenters. The average molecular weight is 272 g/mol. The first-order chi connectivity index (χ1) is 9.71. The van der Waals surface area contributed by atoms with Crippen molar-refractivity contribution in [3.05, 3.63) is 29.8 Å². The van der Waals surface area contributed by atoms with Gasteiger partial charge in [-0.05, 0) is 56.1 Å². The maximum absolute atomic E-state index is 12.0. The van der Waals surface area contributed by atoms with Crippen molar-refractivity contribution in [1.29, 1.82) is 5.26 Å². The van der Waals surface area contributed by atoms with E-state index in [0.717, 1.165) is 31.6 Å². The number of hydrogen-bond donors (Lipinski definition) is 2. The SMILES string of the molecule is N#Cc1ccc(NC(=O)CN2CCCC(CN)C2)cc1. The van der Waals surface area contributed by atoms with Gasteiger partial charge in [-0.2, -0.15) is 5.26 Å². The van der Waals surface area contributed by atoms with E-state index < -0.39 is 0 Å². The van der Waals surface area contributed by atoms with Crippen LogP contribution in [-0.4, -0.2) is 37.0 Å². The molecule has 1 atom stereocenters. The van der Waals surface area contributed by atoms with E-state index in [4.69, 9.17) is 11.0 Å². The van der Waals surface area contributed by atoms with Gasteiger partial charge in [0.05, 0.1) is 18.2 Å². The molecule has 0 saturated carbocycles. The molecule has 20 heavy (non-hydrogen) atoms. The number of rotatable bonds is 4. The number of carbonyl (C=O) groups is 1. The van der Waals surface area contributed by atoms with E-state index in [1.807, 2.05) is 0 Å². The van der Waals surface area contributed by atoms with Crippen LogP contribution in [0.4, 0.5) is 5.69 Å². The number of nitriles is 1. The fraction of sp³-hybridized carbons (Fsp3) is 0.467. The summed E-state index contributed by atoms with van der Waals surface area (Å²) in [5.41, 5.74) is 7.00. The second kappa shape index (κ2) is 7.04. The standard InChI is InChI=1S/C15H20N4O/c16-8-12-3-5-14(6-4-12)18-15(20)11-19-7-1-2-13(9-17)10-19/h3-6,13H,1-2,7,9-11,17H2,(H,18,20). The molecule has 1 amide bonds. The highest BCUT2D eigenvalue weighted by Gasteiger charge is 2.20. The molecule has 1 aromatic carbocycles. The zero-order valence-electron chi connectivity index (χ0n) is 11.5. The highest BCUT2D eigenvalue weighted by Crippen LogP contribution is 2.15. The number of anilines is 1. The summed E-state index contributed by atoms with van der Waals surface area (Å²) in [4.78, 5) is 14.1. The molecule has 3 N–H and O–H groups in total. The van der Waals surface area contributed by atoms with Crippen LogP contribution in [0.3, 0.4) is 0 Å². The summed E-state index contributed by atoms with van der Waals surface area (Å²) in [5, 5.41) is 11.6. The predicted octanol–water partition coefficient (Wildman–Crippen LogP) is 1.17. The Morgan fingerprint density at radius 1 is 1.45 bits per heavy atom. The highest BCUT2D eigenvalue weighted by atomic mass is 16.2. The van der Waals surface area contributed by atoms with Crippen molar-refractivity contribution in [3.8, 4) is 6.07 Å². The molecule has 0 radical (unpaired) electrons. The molecule has 1 aromatic rings. The quantitative estimate of drug-likeness (QED) is 0.862. The fourth-order valence-electron chi connectivity index (χ4n) is 2.52. The second-order valence-electron chi connectivity index (χ2n) is 5.22. The van der Waals surface area contributed by atoms with Crippen LogP contribution in [-0.2, 0) is 4.79 Å².